The van der Waals surface area contributed by atoms with Crippen molar-refractivity contribution in [2.45, 2.75) is 6.42 Å². The maximum absolute atomic E-state index is 6.00. The van der Waals surface area contributed by atoms with Gasteiger partial charge in [-0.15, -0.1) is 0 Å². The summed E-state index contributed by atoms with van der Waals surface area (Å²) in [4.78, 5) is 4.63. The predicted molar refractivity (Wildman–Crippen MR) is 79.4 cm³/mol. The molecule has 0 atom stereocenters. The lowest BCUT2D eigenvalue weighted by atomic mass is 10.1. The minimum atomic E-state index is 0.705. The second-order valence-corrected chi connectivity index (χ2v) is 5.03. The van der Waals surface area contributed by atoms with Crippen LogP contribution in [0, 0.1) is 0 Å². The van der Waals surface area contributed by atoms with Crippen molar-refractivity contribution in [3.8, 4) is 0 Å². The highest BCUT2D eigenvalue weighted by molar-refractivity contribution is 6.31. The molecule has 2 aromatic carbocycles. The van der Waals surface area contributed by atoms with Gasteiger partial charge in [0.15, 0.2) is 0 Å². The summed E-state index contributed by atoms with van der Waals surface area (Å²) in [6.07, 6.45) is 0.718. The molecule has 0 spiro atoms. The number of imidazole rings is 1. The highest BCUT2D eigenvalue weighted by Crippen LogP contribution is 2.22. The average molecular weight is 272 g/mol. The summed E-state index contributed by atoms with van der Waals surface area (Å²) < 4.78 is 2.08. The molecule has 0 radical (unpaired) electrons. The lowest BCUT2D eigenvalue weighted by Crippen LogP contribution is -2.01. The number of halogens is 1. The predicted octanol–water partition coefficient (Wildman–Crippen LogP) is 3.40. The molecule has 96 valence electrons. The molecular formula is C15H14ClN3. The van der Waals surface area contributed by atoms with E-state index in [1.54, 1.807) is 0 Å². The second kappa shape index (κ2) is 4.59. The summed E-state index contributed by atoms with van der Waals surface area (Å²) >= 11 is 6.00. The van der Waals surface area contributed by atoms with Crippen LogP contribution < -0.4 is 5.73 Å². The second-order valence-electron chi connectivity index (χ2n) is 4.60. The molecule has 0 saturated carbocycles. The molecule has 19 heavy (non-hydrogen) atoms. The van der Waals surface area contributed by atoms with Gasteiger partial charge in [-0.3, -0.25) is 0 Å². The molecule has 0 fully saturated rings. The van der Waals surface area contributed by atoms with Gasteiger partial charge in [0.2, 0.25) is 0 Å². The largest absolute Gasteiger partial charge is 0.398 e. The van der Waals surface area contributed by atoms with Crippen LogP contribution in [0.4, 0.5) is 5.69 Å². The van der Waals surface area contributed by atoms with Crippen LogP contribution in [0.2, 0.25) is 5.02 Å². The number of hydrogen-bond donors (Lipinski definition) is 1. The van der Waals surface area contributed by atoms with Crippen molar-refractivity contribution in [1.82, 2.24) is 9.55 Å². The Kier molecular flexibility index (Phi) is 2.91. The first-order valence-electron chi connectivity index (χ1n) is 6.09. The van der Waals surface area contributed by atoms with Crippen molar-refractivity contribution in [3.63, 3.8) is 0 Å². The van der Waals surface area contributed by atoms with Crippen molar-refractivity contribution < 1.29 is 0 Å². The van der Waals surface area contributed by atoms with Gasteiger partial charge in [0.25, 0.3) is 0 Å². The number of aromatic nitrogens is 2. The summed E-state index contributed by atoms with van der Waals surface area (Å²) in [5, 5.41) is 0.705. The minimum absolute atomic E-state index is 0.705. The molecule has 4 heteroatoms. The summed E-state index contributed by atoms with van der Waals surface area (Å²) in [5.74, 6) is 0.982. The van der Waals surface area contributed by atoms with Crippen LogP contribution in [0.3, 0.4) is 0 Å². The standard InChI is InChI=1S/C15H14ClN3/c1-19-14-7-6-11(16)9-13(14)18-15(19)8-10-4-2-3-5-12(10)17/h2-7,9H,8,17H2,1H3. The molecule has 0 saturated heterocycles. The zero-order valence-corrected chi connectivity index (χ0v) is 11.4. The molecule has 3 rings (SSSR count). The van der Waals surface area contributed by atoms with E-state index in [0.29, 0.717) is 5.02 Å². The van der Waals surface area contributed by atoms with Crippen LogP contribution in [0.15, 0.2) is 42.5 Å². The van der Waals surface area contributed by atoms with Crippen LogP contribution in [0.25, 0.3) is 11.0 Å². The fraction of sp³-hybridized carbons (Fsp3) is 0.133. The van der Waals surface area contributed by atoms with Gasteiger partial charge in [0.1, 0.15) is 5.82 Å². The summed E-state index contributed by atoms with van der Waals surface area (Å²) in [7, 11) is 2.01. The molecule has 0 unspecified atom stereocenters. The van der Waals surface area contributed by atoms with Gasteiger partial charge < -0.3 is 10.3 Å². The van der Waals surface area contributed by atoms with Gasteiger partial charge in [-0.05, 0) is 29.8 Å². The van der Waals surface area contributed by atoms with Crippen LogP contribution in [-0.2, 0) is 13.5 Å². The highest BCUT2D eigenvalue weighted by atomic mass is 35.5. The molecule has 0 aliphatic heterocycles. The maximum atomic E-state index is 6.00. The average Bonchev–Trinajstić information content (AvgIpc) is 2.68. The van der Waals surface area contributed by atoms with Gasteiger partial charge in [-0.2, -0.15) is 0 Å². The quantitative estimate of drug-likeness (QED) is 0.726. The van der Waals surface area contributed by atoms with E-state index in [2.05, 4.69) is 9.55 Å². The first-order valence-corrected chi connectivity index (χ1v) is 6.47. The number of hydrogen-bond acceptors (Lipinski definition) is 2. The summed E-state index contributed by atoms with van der Waals surface area (Å²) in [6.45, 7) is 0. The minimum Gasteiger partial charge on any atom is -0.398 e. The lowest BCUT2D eigenvalue weighted by Gasteiger charge is -2.05. The Balaban J connectivity index is 2.06. The zero-order valence-electron chi connectivity index (χ0n) is 10.6. The molecule has 2 N–H and O–H groups in total. The normalized spacial score (nSPS) is 11.1. The number of anilines is 1. The maximum Gasteiger partial charge on any atom is 0.114 e. The Morgan fingerprint density at radius 3 is 2.79 bits per heavy atom. The van der Waals surface area contributed by atoms with Crippen LogP contribution in [0.1, 0.15) is 11.4 Å². The fourth-order valence-electron chi connectivity index (χ4n) is 2.25. The number of aryl methyl sites for hydroxylation is 1. The van der Waals surface area contributed by atoms with E-state index >= 15 is 0 Å². The van der Waals surface area contributed by atoms with E-state index in [4.69, 9.17) is 17.3 Å². The van der Waals surface area contributed by atoms with E-state index in [1.807, 2.05) is 49.5 Å². The van der Waals surface area contributed by atoms with Crippen molar-refractivity contribution in [2.75, 3.05) is 5.73 Å². The van der Waals surface area contributed by atoms with Crippen LogP contribution >= 0.6 is 11.6 Å². The van der Waals surface area contributed by atoms with E-state index in [9.17, 15) is 0 Å². The van der Waals surface area contributed by atoms with Gasteiger partial charge in [-0.1, -0.05) is 29.8 Å². The molecule has 0 amide bonds. The van der Waals surface area contributed by atoms with Crippen molar-refractivity contribution >= 4 is 28.3 Å². The third-order valence-corrected chi connectivity index (χ3v) is 3.57. The van der Waals surface area contributed by atoms with Crippen LogP contribution in [-0.4, -0.2) is 9.55 Å². The number of nitrogens with two attached hydrogens (primary N) is 1. The molecule has 3 nitrogen and oxygen atoms in total. The number of para-hydroxylation sites is 1. The first kappa shape index (κ1) is 12.1. The van der Waals surface area contributed by atoms with E-state index in [0.717, 1.165) is 34.5 Å². The zero-order chi connectivity index (χ0) is 13.4. The number of nitrogens with zero attached hydrogens (tertiary/aromatic N) is 2. The number of fused-ring (bicyclic) bond motifs is 1. The van der Waals surface area contributed by atoms with Gasteiger partial charge in [0.05, 0.1) is 11.0 Å². The monoisotopic (exact) mass is 271 g/mol. The molecule has 1 heterocycles. The Labute approximate surface area is 116 Å². The van der Waals surface area contributed by atoms with Gasteiger partial charge >= 0.3 is 0 Å². The highest BCUT2D eigenvalue weighted by Gasteiger charge is 2.09. The number of rotatable bonds is 2. The van der Waals surface area contributed by atoms with Crippen molar-refractivity contribution in [2.24, 2.45) is 7.05 Å². The third-order valence-electron chi connectivity index (χ3n) is 3.34. The Hall–Kier alpha value is -2.00. The fourth-order valence-corrected chi connectivity index (χ4v) is 2.41. The SMILES string of the molecule is Cn1c(Cc2ccccc2N)nc2cc(Cl)ccc21. The Morgan fingerprint density at radius 2 is 2.00 bits per heavy atom. The lowest BCUT2D eigenvalue weighted by molar-refractivity contribution is 0.845. The molecule has 3 aromatic rings. The van der Waals surface area contributed by atoms with Crippen LogP contribution in [0.5, 0.6) is 0 Å². The Morgan fingerprint density at radius 1 is 1.21 bits per heavy atom. The Bertz CT molecular complexity index is 746. The summed E-state index contributed by atoms with van der Waals surface area (Å²) in [6, 6.07) is 13.6. The summed E-state index contributed by atoms with van der Waals surface area (Å²) in [5.41, 5.74) is 9.86. The topological polar surface area (TPSA) is 43.8 Å². The number of benzene rings is 2. The van der Waals surface area contributed by atoms with E-state index < -0.39 is 0 Å². The molecule has 0 bridgehead atoms. The van der Waals surface area contributed by atoms with Gasteiger partial charge in [-0.25, -0.2) is 4.98 Å². The van der Waals surface area contributed by atoms with E-state index in [1.165, 1.54) is 0 Å². The molecule has 0 aliphatic rings. The first-order chi connectivity index (χ1) is 9.15. The molecule has 1 aromatic heterocycles. The molecule has 0 aliphatic carbocycles. The van der Waals surface area contributed by atoms with Gasteiger partial charge in [0, 0.05) is 24.2 Å². The van der Waals surface area contributed by atoms with E-state index in [-0.39, 0.29) is 0 Å². The van der Waals surface area contributed by atoms with Crippen molar-refractivity contribution in [1.29, 1.82) is 0 Å². The smallest absolute Gasteiger partial charge is 0.114 e. The van der Waals surface area contributed by atoms with Crippen molar-refractivity contribution in [3.05, 3.63) is 58.9 Å². The number of nitrogen functional groups attached to an aromatic ring is 1. The molecular weight excluding hydrogens is 258 g/mol. The third kappa shape index (κ3) is 2.17.